The maximum absolute atomic E-state index is 13.4. The number of para-hydroxylation sites is 1. The molecule has 5 rings (SSSR count). The van der Waals surface area contributed by atoms with Crippen LogP contribution in [0.1, 0.15) is 90.1 Å². The Morgan fingerprint density at radius 2 is 1.52 bits per heavy atom. The number of fused-ring (bicyclic) bond motifs is 2. The molecule has 0 fully saturated rings. The molecule has 1 aliphatic heterocycles. The number of ketones is 2. The number of anilines is 3. The Balaban J connectivity index is 1.30. The second kappa shape index (κ2) is 11.1. The van der Waals surface area contributed by atoms with E-state index in [1.807, 2.05) is 42.5 Å². The third kappa shape index (κ3) is 5.48. The van der Waals surface area contributed by atoms with Crippen LogP contribution >= 0.6 is 0 Å². The molecule has 0 saturated carbocycles. The Bertz CT molecular complexity index is 1540. The van der Waals surface area contributed by atoms with Gasteiger partial charge in [0.1, 0.15) is 5.92 Å². The molecule has 6 heteroatoms. The molecule has 0 saturated heterocycles. The number of Topliss-reactive ketones (excluding diaryl/α,β-unsaturated/α-hetero) is 2. The predicted molar refractivity (Wildman–Crippen MR) is 173 cm³/mol. The fourth-order valence-electron chi connectivity index (χ4n) is 6.35. The van der Waals surface area contributed by atoms with Gasteiger partial charge < -0.3 is 10.6 Å². The molecule has 3 aromatic carbocycles. The summed E-state index contributed by atoms with van der Waals surface area (Å²) in [6.45, 7) is 16.3. The third-order valence-corrected chi connectivity index (χ3v) is 8.42. The van der Waals surface area contributed by atoms with E-state index in [1.54, 1.807) is 13.1 Å². The van der Waals surface area contributed by atoms with Gasteiger partial charge in [-0.1, -0.05) is 90.1 Å². The van der Waals surface area contributed by atoms with E-state index in [0.717, 1.165) is 23.4 Å². The molecule has 3 N–H and O–H groups in total. The lowest BCUT2D eigenvalue weighted by molar-refractivity contribution is 0.0833. The van der Waals surface area contributed by atoms with Crippen LogP contribution in [0, 0.1) is 12.8 Å². The number of carbonyl (C=O) groups excluding carboxylic acids is 2. The zero-order chi connectivity index (χ0) is 30.4. The second-order valence-corrected chi connectivity index (χ2v) is 13.5. The Labute approximate surface area is 249 Å². The van der Waals surface area contributed by atoms with Crippen LogP contribution < -0.4 is 16.1 Å². The van der Waals surface area contributed by atoms with Crippen molar-refractivity contribution in [2.45, 2.75) is 71.8 Å². The van der Waals surface area contributed by atoms with Crippen LogP contribution in [0.5, 0.6) is 0 Å². The smallest absolute Gasteiger partial charge is 0.178 e. The zero-order valence-corrected chi connectivity index (χ0v) is 26.1. The first kappa shape index (κ1) is 29.6. The summed E-state index contributed by atoms with van der Waals surface area (Å²) in [5.74, 6) is -1.13. The van der Waals surface area contributed by atoms with Crippen LogP contribution in [0.15, 0.2) is 54.6 Å². The first-order valence-electron chi connectivity index (χ1n) is 14.8. The molecule has 0 amide bonds. The minimum atomic E-state index is -0.816. The molecule has 2 atom stereocenters. The fraction of sp³-hybridized carbons (Fsp3) is 0.389. The van der Waals surface area contributed by atoms with Crippen molar-refractivity contribution in [2.75, 3.05) is 29.8 Å². The number of hydrogen-bond acceptors (Lipinski definition) is 6. The average Bonchev–Trinajstić information content (AvgIpc) is 3.19. The van der Waals surface area contributed by atoms with E-state index in [9.17, 15) is 9.59 Å². The molecule has 220 valence electrons. The maximum Gasteiger partial charge on any atom is 0.178 e. The van der Waals surface area contributed by atoms with Gasteiger partial charge in [0.2, 0.25) is 0 Å². The van der Waals surface area contributed by atoms with Gasteiger partial charge in [0, 0.05) is 18.3 Å². The summed E-state index contributed by atoms with van der Waals surface area (Å²) in [6.07, 6.45) is 4.65. The van der Waals surface area contributed by atoms with E-state index in [0.29, 0.717) is 23.4 Å². The summed E-state index contributed by atoms with van der Waals surface area (Å²) < 4.78 is 0. The van der Waals surface area contributed by atoms with Crippen molar-refractivity contribution in [3.63, 3.8) is 0 Å². The lowest BCUT2D eigenvalue weighted by Crippen LogP contribution is -2.36. The lowest BCUT2D eigenvalue weighted by Gasteiger charge is -2.30. The maximum atomic E-state index is 13.4. The van der Waals surface area contributed by atoms with Crippen molar-refractivity contribution >= 4 is 34.7 Å². The Morgan fingerprint density at radius 3 is 2.17 bits per heavy atom. The number of carbonyl (C=O) groups is 2. The summed E-state index contributed by atoms with van der Waals surface area (Å²) >= 11 is 0. The van der Waals surface area contributed by atoms with Gasteiger partial charge in [-0.3, -0.25) is 19.9 Å². The van der Waals surface area contributed by atoms with E-state index in [-0.39, 0.29) is 22.4 Å². The topological polar surface area (TPSA) is 79.5 Å². The largest absolute Gasteiger partial charge is 0.388 e. The quantitative estimate of drug-likeness (QED) is 0.155. The van der Waals surface area contributed by atoms with E-state index in [4.69, 9.17) is 4.84 Å². The first-order chi connectivity index (χ1) is 19.8. The molecule has 3 aromatic rings. The fourth-order valence-corrected chi connectivity index (χ4v) is 6.35. The molecule has 0 aromatic heterocycles. The average molecular weight is 566 g/mol. The molecule has 1 heterocycles. The third-order valence-electron chi connectivity index (χ3n) is 8.42. The van der Waals surface area contributed by atoms with Gasteiger partial charge in [0.15, 0.2) is 11.6 Å². The molecule has 0 spiro atoms. The minimum Gasteiger partial charge on any atom is -0.388 e. The highest BCUT2D eigenvalue weighted by molar-refractivity contribution is 6.29. The second-order valence-electron chi connectivity index (χ2n) is 13.5. The van der Waals surface area contributed by atoms with Crippen molar-refractivity contribution in [3.8, 4) is 0 Å². The summed E-state index contributed by atoms with van der Waals surface area (Å²) in [6, 6.07) is 15.5. The van der Waals surface area contributed by atoms with E-state index in [2.05, 4.69) is 76.7 Å². The summed E-state index contributed by atoms with van der Waals surface area (Å²) in [5.41, 5.74) is 12.8. The molecule has 0 bridgehead atoms. The lowest BCUT2D eigenvalue weighted by atomic mass is 9.75. The normalized spacial score (nSPS) is 18.0. The van der Waals surface area contributed by atoms with Crippen molar-refractivity contribution in [2.24, 2.45) is 5.92 Å². The van der Waals surface area contributed by atoms with Crippen molar-refractivity contribution in [1.82, 2.24) is 0 Å². The highest BCUT2D eigenvalue weighted by Gasteiger charge is 2.44. The standard InChI is InChI=1S/C36H43N3O3/c1-21-25(35(2,3)4)19-22(20-26(21)36(5,6)7)17-18-42-39-29-14-9-11-23-15-16-28(38-32(23)29)31-33(40)24-12-10-13-27(37-8)30(24)34(31)41/h9-16,19-20,28,31,37-39H,17-18H2,1-8H3. The summed E-state index contributed by atoms with van der Waals surface area (Å²) in [4.78, 5) is 32.8. The van der Waals surface area contributed by atoms with Crippen molar-refractivity contribution < 1.29 is 14.4 Å². The van der Waals surface area contributed by atoms with E-state index >= 15 is 0 Å². The van der Waals surface area contributed by atoms with E-state index in [1.165, 1.54) is 22.3 Å². The molecule has 6 nitrogen and oxygen atoms in total. The molecular formula is C36H43N3O3. The molecule has 2 aliphatic rings. The molecule has 2 unspecified atom stereocenters. The number of rotatable bonds is 7. The molecule has 42 heavy (non-hydrogen) atoms. The van der Waals surface area contributed by atoms with Crippen LogP contribution in [0.4, 0.5) is 17.1 Å². The number of benzene rings is 3. The molecule has 1 aliphatic carbocycles. The van der Waals surface area contributed by atoms with Gasteiger partial charge in [-0.25, -0.2) is 0 Å². The van der Waals surface area contributed by atoms with Crippen molar-refractivity contribution in [3.05, 3.63) is 93.6 Å². The highest BCUT2D eigenvalue weighted by Crippen LogP contribution is 2.39. The van der Waals surface area contributed by atoms with Gasteiger partial charge in [0.25, 0.3) is 0 Å². The highest BCUT2D eigenvalue weighted by atomic mass is 16.6. The Kier molecular flexibility index (Phi) is 7.80. The Morgan fingerprint density at radius 1 is 0.881 bits per heavy atom. The summed E-state index contributed by atoms with van der Waals surface area (Å²) in [7, 11) is 1.76. The predicted octanol–water partition coefficient (Wildman–Crippen LogP) is 7.72. The Hall–Kier alpha value is -3.90. The zero-order valence-electron chi connectivity index (χ0n) is 26.1. The minimum absolute atomic E-state index is 0.0517. The molecular weight excluding hydrogens is 522 g/mol. The van der Waals surface area contributed by atoms with Crippen molar-refractivity contribution in [1.29, 1.82) is 0 Å². The summed E-state index contributed by atoms with van der Waals surface area (Å²) in [5, 5.41) is 6.51. The van der Waals surface area contributed by atoms with Gasteiger partial charge in [-0.2, -0.15) is 0 Å². The van der Waals surface area contributed by atoms with Crippen LogP contribution in [-0.4, -0.2) is 31.3 Å². The first-order valence-corrected chi connectivity index (χ1v) is 14.8. The van der Waals surface area contributed by atoms with Crippen LogP contribution in [0.3, 0.4) is 0 Å². The monoisotopic (exact) mass is 565 g/mol. The van der Waals surface area contributed by atoms with Gasteiger partial charge in [-0.15, -0.1) is 0 Å². The van der Waals surface area contributed by atoms with Crippen LogP contribution in [0.2, 0.25) is 0 Å². The number of hydrogen-bond donors (Lipinski definition) is 3. The van der Waals surface area contributed by atoms with Gasteiger partial charge in [0.05, 0.1) is 29.6 Å². The van der Waals surface area contributed by atoms with E-state index < -0.39 is 12.0 Å². The molecule has 0 radical (unpaired) electrons. The number of nitrogens with one attached hydrogen (secondary N) is 3. The van der Waals surface area contributed by atoms with Crippen LogP contribution in [0.25, 0.3) is 6.08 Å². The van der Waals surface area contributed by atoms with Crippen LogP contribution in [-0.2, 0) is 22.1 Å². The SMILES string of the molecule is CNc1cccc2c1C(=O)C(C1C=Cc3cccc(NOCCc4cc(C(C)(C)C)c(C)c(C(C)(C)C)c4)c3N1)C2=O. The van der Waals surface area contributed by atoms with Gasteiger partial charge in [-0.05, 0) is 64.1 Å². The van der Waals surface area contributed by atoms with Gasteiger partial charge >= 0.3 is 0 Å².